The summed E-state index contributed by atoms with van der Waals surface area (Å²) < 4.78 is 18.0. The zero-order valence-electron chi connectivity index (χ0n) is 29.6. The number of rotatable bonds is 13. The number of para-hydroxylation sites is 2. The van der Waals surface area contributed by atoms with Crippen LogP contribution < -0.4 is 0 Å². The van der Waals surface area contributed by atoms with E-state index in [1.807, 2.05) is 24.5 Å². The molecule has 56 heavy (non-hydrogen) atoms. The van der Waals surface area contributed by atoms with E-state index in [-0.39, 0.29) is 0 Å². The van der Waals surface area contributed by atoms with E-state index in [4.69, 9.17) is 9.47 Å². The Hall–Kier alpha value is -2.22. The van der Waals surface area contributed by atoms with Crippen LogP contribution in [-0.4, -0.2) is 55.1 Å². The largest absolute Gasteiger partial charge is 0.461 e. The number of ether oxygens (including phenoxy) is 2. The van der Waals surface area contributed by atoms with E-state index in [0.717, 1.165) is 37.1 Å². The van der Waals surface area contributed by atoms with Crippen molar-refractivity contribution in [1.29, 1.82) is 0 Å². The number of hydrogen-bond acceptors (Lipinski definition) is 22. The van der Waals surface area contributed by atoms with Gasteiger partial charge in [-0.1, -0.05) is 24.3 Å². The minimum Gasteiger partial charge on any atom is -0.461 e. The highest BCUT2D eigenvalue weighted by atomic mass is 33.1. The van der Waals surface area contributed by atoms with Crippen molar-refractivity contribution in [2.75, 3.05) is 13.2 Å². The van der Waals surface area contributed by atoms with Gasteiger partial charge < -0.3 is 9.47 Å². The summed E-state index contributed by atoms with van der Waals surface area (Å²) in [6.45, 7) is 8.28. The number of aromatic nitrogens is 6. The Balaban J connectivity index is 0.000000146. The van der Waals surface area contributed by atoms with E-state index in [2.05, 4.69) is 80.1 Å². The number of thiazole rings is 6. The van der Waals surface area contributed by atoms with Crippen LogP contribution in [0.25, 0.3) is 20.4 Å². The number of carbonyl (C=O) groups excluding carboxylic acids is 2. The lowest BCUT2D eigenvalue weighted by molar-refractivity contribution is 0.0510. The summed E-state index contributed by atoms with van der Waals surface area (Å²) in [5.41, 5.74) is 2.76. The van der Waals surface area contributed by atoms with Gasteiger partial charge in [0.2, 0.25) is 0 Å². The van der Waals surface area contributed by atoms with Crippen molar-refractivity contribution in [3.63, 3.8) is 0 Å². The fourth-order valence-electron chi connectivity index (χ4n) is 3.92. The Morgan fingerprint density at radius 1 is 0.536 bits per heavy atom. The quantitative estimate of drug-likeness (QED) is 0.0801. The summed E-state index contributed by atoms with van der Waals surface area (Å²) >= 11 is 9.63. The number of fused-ring (bicyclic) bond motifs is 2. The van der Waals surface area contributed by atoms with E-state index in [1.54, 1.807) is 113 Å². The molecule has 10 nitrogen and oxygen atoms in total. The Morgan fingerprint density at radius 2 is 0.929 bits per heavy atom. The molecule has 0 atom stereocenters. The molecule has 22 heteroatoms. The lowest BCUT2D eigenvalue weighted by Gasteiger charge is -1.96. The third kappa shape index (κ3) is 13.1. The van der Waals surface area contributed by atoms with Gasteiger partial charge in [0.1, 0.15) is 0 Å². The average molecular weight is 969 g/mol. The molecule has 0 aliphatic heterocycles. The fraction of sp³-hybridized carbons (Fsp3) is 0.176. The summed E-state index contributed by atoms with van der Waals surface area (Å²) in [4.78, 5) is 51.7. The molecule has 0 saturated carbocycles. The molecule has 0 aliphatic rings. The van der Waals surface area contributed by atoms with Gasteiger partial charge in [0, 0.05) is 32.9 Å². The number of hydrogen-bond donors (Lipinski definition) is 0. The molecule has 0 aliphatic carbocycles. The molecule has 8 aromatic rings. The summed E-state index contributed by atoms with van der Waals surface area (Å²) in [5, 5.41) is 3.32. The van der Waals surface area contributed by atoms with Gasteiger partial charge in [-0.25, -0.2) is 39.5 Å². The first kappa shape index (κ1) is 43.4. The minimum atomic E-state index is -0.422. The van der Waals surface area contributed by atoms with Crippen molar-refractivity contribution >= 4 is 165 Å². The number of esters is 2. The molecule has 8 rings (SSSR count). The van der Waals surface area contributed by atoms with Crippen molar-refractivity contribution < 1.29 is 19.1 Å². The molecular weight excluding hydrogens is 941 g/mol. The first-order chi connectivity index (χ1) is 27.3. The topological polar surface area (TPSA) is 130 Å². The molecule has 0 fully saturated rings. The van der Waals surface area contributed by atoms with Gasteiger partial charge in [-0.15, -0.1) is 68.0 Å². The highest BCUT2D eigenvalue weighted by Crippen LogP contribution is 2.44. The van der Waals surface area contributed by atoms with Crippen LogP contribution in [0.4, 0.5) is 0 Å². The highest BCUT2D eigenvalue weighted by Gasteiger charge is 2.15. The maximum absolute atomic E-state index is 11.5. The Kier molecular flexibility index (Phi) is 17.2. The van der Waals surface area contributed by atoms with Gasteiger partial charge in [0.25, 0.3) is 0 Å². The second-order valence-corrected chi connectivity index (χ2v) is 24.4. The Bertz CT molecular complexity index is 2250. The second kappa shape index (κ2) is 22.2. The number of benzene rings is 2. The molecular formula is C34H28N6O4S12. The number of nitrogens with zero attached hydrogens (tertiary/aromatic N) is 6. The first-order valence-corrected chi connectivity index (χ1v) is 27.6. The molecule has 0 unspecified atom stereocenters. The van der Waals surface area contributed by atoms with E-state index in [9.17, 15) is 9.59 Å². The predicted molar refractivity (Wildman–Crippen MR) is 244 cm³/mol. The van der Waals surface area contributed by atoms with Crippen LogP contribution in [0.5, 0.6) is 0 Å². The molecule has 0 bridgehead atoms. The maximum Gasteiger partial charge on any atom is 0.357 e. The van der Waals surface area contributed by atoms with Crippen LogP contribution in [0.2, 0.25) is 0 Å². The molecule has 6 aromatic heterocycles. The van der Waals surface area contributed by atoms with Crippen molar-refractivity contribution in [3.8, 4) is 0 Å². The first-order valence-electron chi connectivity index (χ1n) is 16.1. The Labute approximate surface area is 370 Å². The maximum atomic E-state index is 11.5. The lowest BCUT2D eigenvalue weighted by Crippen LogP contribution is -2.04. The number of aryl methyl sites for hydroxylation is 2. The molecule has 6 heterocycles. The van der Waals surface area contributed by atoms with Gasteiger partial charge in [-0.2, -0.15) is 0 Å². The molecule has 0 saturated heterocycles. The summed E-state index contributed by atoms with van der Waals surface area (Å²) in [6.07, 6.45) is 3.81. The average Bonchev–Trinajstić information content (AvgIpc) is 4.06. The third-order valence-electron chi connectivity index (χ3n) is 6.24. The standard InChI is InChI=1S/C14H8N2S4.C12H12N2O4S4.C8H8N2S4/c1-3-7-11-9(5-1)15-13(17-11)19-20-14-16-10-6-2-4-8-12(10)18-14;1-3-17-9(15)7-5-19-11(13-7)21-22-12-14-8(6-20-12)10(16)18-4-2;1-5-3-9-7(11-5)13-14-8-10-4-6(2)12-8/h1-8H;5-6H,3-4H2,1-2H3;3-4H,1-2H3. The van der Waals surface area contributed by atoms with Crippen LogP contribution in [0.3, 0.4) is 0 Å². The molecule has 290 valence electrons. The van der Waals surface area contributed by atoms with E-state index < -0.39 is 11.9 Å². The van der Waals surface area contributed by atoms with Crippen LogP contribution in [0, 0.1) is 13.8 Å². The van der Waals surface area contributed by atoms with E-state index >= 15 is 0 Å². The SMILES string of the molecule is CCOC(=O)c1csc(SSc2nc(C(=O)OCC)cs2)n1.Cc1cnc(SSc2ncc(C)s2)s1.c1ccc2sc(SSc3nc4ccccc4s3)nc2c1. The van der Waals surface area contributed by atoms with E-state index in [0.29, 0.717) is 24.6 Å². The number of carbonyl (C=O) groups is 2. The van der Waals surface area contributed by atoms with Gasteiger partial charge in [0.05, 0.1) is 33.6 Å². The minimum absolute atomic E-state index is 0.307. The normalized spacial score (nSPS) is 10.9. The van der Waals surface area contributed by atoms with Crippen LogP contribution >= 0.6 is 133 Å². The second-order valence-electron chi connectivity index (χ2n) is 10.3. The molecule has 0 N–H and O–H groups in total. The summed E-state index contributed by atoms with van der Waals surface area (Å²) in [7, 11) is 9.49. The monoisotopic (exact) mass is 968 g/mol. The summed E-state index contributed by atoms with van der Waals surface area (Å²) in [5.74, 6) is -0.844. The van der Waals surface area contributed by atoms with Gasteiger partial charge in [-0.05, 0) is 117 Å². The van der Waals surface area contributed by atoms with Gasteiger partial charge in [-0.3, -0.25) is 0 Å². The van der Waals surface area contributed by atoms with Crippen molar-refractivity contribution in [3.05, 3.63) is 92.8 Å². The lowest BCUT2D eigenvalue weighted by atomic mass is 10.3. The van der Waals surface area contributed by atoms with Crippen molar-refractivity contribution in [2.45, 2.75) is 53.7 Å². The Morgan fingerprint density at radius 3 is 1.30 bits per heavy atom. The van der Waals surface area contributed by atoms with Gasteiger partial charge in [0.15, 0.2) is 37.4 Å². The van der Waals surface area contributed by atoms with Crippen molar-refractivity contribution in [1.82, 2.24) is 29.9 Å². The molecule has 0 amide bonds. The third-order valence-corrected chi connectivity index (χ3v) is 20.8. The molecule has 0 spiro atoms. The zero-order chi connectivity index (χ0) is 39.3. The van der Waals surface area contributed by atoms with Crippen LogP contribution in [-0.2, 0) is 9.47 Å². The molecule has 0 radical (unpaired) electrons. The highest BCUT2D eigenvalue weighted by molar-refractivity contribution is 8.78. The smallest absolute Gasteiger partial charge is 0.357 e. The van der Waals surface area contributed by atoms with Crippen molar-refractivity contribution in [2.24, 2.45) is 0 Å². The predicted octanol–water partition coefficient (Wildman–Crippen LogP) is 13.5. The van der Waals surface area contributed by atoms with Crippen LogP contribution in [0.1, 0.15) is 44.6 Å². The molecule has 2 aromatic carbocycles. The van der Waals surface area contributed by atoms with E-state index in [1.165, 1.54) is 63.4 Å². The van der Waals surface area contributed by atoms with Crippen LogP contribution in [0.15, 0.2) is 97.7 Å². The zero-order valence-corrected chi connectivity index (χ0v) is 39.4. The van der Waals surface area contributed by atoms with Gasteiger partial charge >= 0.3 is 11.9 Å². The fourth-order valence-corrected chi connectivity index (χ4v) is 16.7. The summed E-state index contributed by atoms with van der Waals surface area (Å²) in [6, 6.07) is 16.5.